The minimum Gasteiger partial charge on any atom is -0.545 e. The molecule has 0 aliphatic heterocycles. The van der Waals surface area contributed by atoms with Crippen LogP contribution in [0.4, 0.5) is 22.0 Å². The molecule has 0 amide bonds. The van der Waals surface area contributed by atoms with E-state index in [2.05, 4.69) is 0 Å². The third-order valence-electron chi connectivity index (χ3n) is 3.06. The molecular formula is C15H13F5IO2-. The summed E-state index contributed by atoms with van der Waals surface area (Å²) in [5.74, 6) is -6.13. The number of carboxylic acids is 1. The van der Waals surface area contributed by atoms with Crippen LogP contribution in [0.25, 0.3) is 0 Å². The summed E-state index contributed by atoms with van der Waals surface area (Å²) in [6, 6.07) is 4.84. The second-order valence-corrected chi connectivity index (χ2v) is 6.10. The van der Waals surface area contributed by atoms with E-state index in [0.29, 0.717) is 24.8 Å². The van der Waals surface area contributed by atoms with Gasteiger partial charge in [0.05, 0.1) is 5.97 Å². The maximum absolute atomic E-state index is 12.6. The van der Waals surface area contributed by atoms with Crippen molar-refractivity contribution < 1.29 is 31.9 Å². The van der Waals surface area contributed by atoms with Crippen molar-refractivity contribution in [3.8, 4) is 0 Å². The molecule has 0 radical (unpaired) electrons. The van der Waals surface area contributed by atoms with E-state index in [1.54, 1.807) is 12.1 Å². The van der Waals surface area contributed by atoms with Gasteiger partial charge in [0.2, 0.25) is 0 Å². The Hall–Kier alpha value is -1.19. The molecule has 1 aromatic carbocycles. The van der Waals surface area contributed by atoms with Gasteiger partial charge in [-0.25, -0.2) is 0 Å². The number of carbonyl (C=O) groups is 1. The van der Waals surface area contributed by atoms with E-state index in [1.165, 1.54) is 6.07 Å². The van der Waals surface area contributed by atoms with E-state index in [0.717, 1.165) is 9.65 Å². The summed E-state index contributed by atoms with van der Waals surface area (Å²) in [7, 11) is 0. The zero-order chi connectivity index (χ0) is 17.7. The molecule has 0 unspecified atom stereocenters. The SMILES string of the molecule is O=C([O-])c1cc(I)ccc1CCCCC=CC(F)(F)C(F)(F)F. The van der Waals surface area contributed by atoms with Gasteiger partial charge in [-0.2, -0.15) is 22.0 Å². The van der Waals surface area contributed by atoms with Crippen molar-refractivity contribution in [1.29, 1.82) is 0 Å². The molecule has 0 spiro atoms. The quantitative estimate of drug-likeness (QED) is 0.273. The lowest BCUT2D eigenvalue weighted by atomic mass is 10.0. The van der Waals surface area contributed by atoms with Crippen LogP contribution in [0.5, 0.6) is 0 Å². The molecule has 0 atom stereocenters. The van der Waals surface area contributed by atoms with Crippen LogP contribution >= 0.6 is 22.6 Å². The van der Waals surface area contributed by atoms with Gasteiger partial charge in [-0.1, -0.05) is 12.1 Å². The van der Waals surface area contributed by atoms with Crippen molar-refractivity contribution in [2.45, 2.75) is 37.8 Å². The third-order valence-corrected chi connectivity index (χ3v) is 3.73. The molecule has 23 heavy (non-hydrogen) atoms. The first kappa shape index (κ1) is 19.9. The molecule has 0 aliphatic carbocycles. The highest BCUT2D eigenvalue weighted by atomic mass is 127. The van der Waals surface area contributed by atoms with Gasteiger partial charge in [0, 0.05) is 9.13 Å². The van der Waals surface area contributed by atoms with Crippen molar-refractivity contribution in [2.75, 3.05) is 0 Å². The number of allylic oxidation sites excluding steroid dienone is 2. The van der Waals surface area contributed by atoms with Gasteiger partial charge in [0.1, 0.15) is 0 Å². The summed E-state index contributed by atoms with van der Waals surface area (Å²) in [5, 5.41) is 11.0. The van der Waals surface area contributed by atoms with Crippen LogP contribution in [-0.4, -0.2) is 18.1 Å². The van der Waals surface area contributed by atoms with Crippen LogP contribution in [0.3, 0.4) is 0 Å². The molecule has 0 aromatic heterocycles. The van der Waals surface area contributed by atoms with Gasteiger partial charge >= 0.3 is 12.1 Å². The molecule has 1 rings (SSSR count). The fraction of sp³-hybridized carbons (Fsp3) is 0.400. The number of carboxylic acid groups (broad SMARTS) is 1. The number of aryl methyl sites for hydroxylation is 1. The molecule has 2 nitrogen and oxygen atoms in total. The van der Waals surface area contributed by atoms with Crippen molar-refractivity contribution in [3.05, 3.63) is 45.0 Å². The highest BCUT2D eigenvalue weighted by Crippen LogP contribution is 2.36. The number of alkyl halides is 5. The molecule has 0 N–H and O–H groups in total. The Morgan fingerprint density at radius 1 is 1.17 bits per heavy atom. The van der Waals surface area contributed by atoms with Crippen LogP contribution in [0, 0.1) is 3.57 Å². The molecule has 1 aromatic rings. The number of halogens is 6. The largest absolute Gasteiger partial charge is 0.545 e. The van der Waals surface area contributed by atoms with Crippen LogP contribution in [0.2, 0.25) is 0 Å². The van der Waals surface area contributed by atoms with Gasteiger partial charge in [-0.05, 0) is 72.0 Å². The van der Waals surface area contributed by atoms with Gasteiger partial charge in [-0.15, -0.1) is 0 Å². The first-order valence-corrected chi connectivity index (χ1v) is 7.74. The smallest absolute Gasteiger partial charge is 0.457 e. The summed E-state index contributed by atoms with van der Waals surface area (Å²) >= 11 is 1.96. The molecule has 0 fully saturated rings. The van der Waals surface area contributed by atoms with Crippen LogP contribution in [0.1, 0.15) is 35.2 Å². The highest BCUT2D eigenvalue weighted by molar-refractivity contribution is 14.1. The summed E-state index contributed by atoms with van der Waals surface area (Å²) in [4.78, 5) is 11.0. The van der Waals surface area contributed by atoms with E-state index in [1.807, 2.05) is 22.6 Å². The summed E-state index contributed by atoms with van der Waals surface area (Å²) < 4.78 is 61.7. The second kappa shape index (κ2) is 8.07. The van der Waals surface area contributed by atoms with E-state index < -0.39 is 18.1 Å². The summed E-state index contributed by atoms with van der Waals surface area (Å²) in [6.45, 7) is 0. The predicted octanol–water partition coefficient (Wildman–Crippen LogP) is 4.12. The lowest BCUT2D eigenvalue weighted by molar-refractivity contribution is -0.259. The van der Waals surface area contributed by atoms with Crippen molar-refractivity contribution in [1.82, 2.24) is 0 Å². The van der Waals surface area contributed by atoms with Gasteiger partial charge in [0.25, 0.3) is 0 Å². The van der Waals surface area contributed by atoms with Gasteiger partial charge in [0.15, 0.2) is 0 Å². The lowest BCUT2D eigenvalue weighted by Crippen LogP contribution is -2.33. The Morgan fingerprint density at radius 2 is 1.83 bits per heavy atom. The number of benzene rings is 1. The number of hydrogen-bond donors (Lipinski definition) is 0. The van der Waals surface area contributed by atoms with E-state index in [9.17, 15) is 31.9 Å². The van der Waals surface area contributed by atoms with E-state index >= 15 is 0 Å². The van der Waals surface area contributed by atoms with Crippen LogP contribution in [-0.2, 0) is 6.42 Å². The molecule has 0 heterocycles. The molecular weight excluding hydrogens is 434 g/mol. The summed E-state index contributed by atoms with van der Waals surface area (Å²) in [5.41, 5.74) is 0.617. The Kier molecular flexibility index (Phi) is 6.97. The maximum atomic E-state index is 12.6. The standard InChI is InChI=1S/C15H14F5IO2/c16-14(17,15(18,19)20)8-4-2-1-3-5-10-6-7-11(21)9-12(10)13(22)23/h4,6-9H,1-3,5H2,(H,22,23)/p-1. The van der Waals surface area contributed by atoms with E-state index in [4.69, 9.17) is 0 Å². The number of unbranched alkanes of at least 4 members (excludes halogenated alkanes) is 2. The second-order valence-electron chi connectivity index (χ2n) is 4.86. The maximum Gasteiger partial charge on any atom is 0.457 e. The molecule has 128 valence electrons. The minimum atomic E-state index is -5.59. The first-order chi connectivity index (χ1) is 10.5. The number of aromatic carboxylic acids is 1. The molecule has 8 heteroatoms. The van der Waals surface area contributed by atoms with E-state index in [-0.39, 0.29) is 18.1 Å². The van der Waals surface area contributed by atoms with Gasteiger partial charge < -0.3 is 9.90 Å². The Labute approximate surface area is 143 Å². The average molecular weight is 447 g/mol. The normalized spacial score (nSPS) is 12.8. The van der Waals surface area contributed by atoms with Gasteiger partial charge in [-0.3, -0.25) is 0 Å². The highest BCUT2D eigenvalue weighted by Gasteiger charge is 2.55. The number of carbonyl (C=O) groups excluding carboxylic acids is 1. The fourth-order valence-corrected chi connectivity index (χ4v) is 2.35. The Balaban J connectivity index is 2.49. The van der Waals surface area contributed by atoms with Crippen molar-refractivity contribution >= 4 is 28.6 Å². The minimum absolute atomic E-state index is 0.0523. The average Bonchev–Trinajstić information content (AvgIpc) is 2.42. The fourth-order valence-electron chi connectivity index (χ4n) is 1.86. The molecule has 0 bridgehead atoms. The number of rotatable bonds is 7. The molecule has 0 aliphatic rings. The van der Waals surface area contributed by atoms with Crippen LogP contribution in [0.15, 0.2) is 30.4 Å². The predicted molar refractivity (Wildman–Crippen MR) is 81.2 cm³/mol. The zero-order valence-electron chi connectivity index (χ0n) is 11.8. The Morgan fingerprint density at radius 3 is 2.39 bits per heavy atom. The third kappa shape index (κ3) is 6.08. The first-order valence-electron chi connectivity index (χ1n) is 6.66. The molecule has 0 saturated carbocycles. The van der Waals surface area contributed by atoms with Crippen molar-refractivity contribution in [2.24, 2.45) is 0 Å². The zero-order valence-corrected chi connectivity index (χ0v) is 14.0. The Bertz CT molecular complexity index is 582. The monoisotopic (exact) mass is 447 g/mol. The summed E-state index contributed by atoms with van der Waals surface area (Å²) in [6.07, 6.45) is -3.69. The lowest BCUT2D eigenvalue weighted by Gasteiger charge is -2.15. The van der Waals surface area contributed by atoms with Crippen LogP contribution < -0.4 is 5.11 Å². The topological polar surface area (TPSA) is 40.1 Å². The molecule has 0 saturated heterocycles. The number of hydrogen-bond acceptors (Lipinski definition) is 2. The van der Waals surface area contributed by atoms with Crippen molar-refractivity contribution in [3.63, 3.8) is 0 Å².